The van der Waals surface area contributed by atoms with Crippen LogP contribution in [0, 0.1) is 5.92 Å². The van der Waals surface area contributed by atoms with Gasteiger partial charge in [-0.3, -0.25) is 4.98 Å². The molecule has 2 N–H and O–H groups in total. The second kappa shape index (κ2) is 10.4. The van der Waals surface area contributed by atoms with Crippen molar-refractivity contribution in [2.24, 2.45) is 5.92 Å². The van der Waals surface area contributed by atoms with E-state index in [1.165, 1.54) is 43.4 Å². The molecule has 5 rings (SSSR count). The van der Waals surface area contributed by atoms with Gasteiger partial charge in [-0.05, 0) is 48.7 Å². The van der Waals surface area contributed by atoms with Crippen molar-refractivity contribution < 1.29 is 14.8 Å². The minimum atomic E-state index is 0.297. The minimum Gasteiger partial charge on any atom is -0.454 e. The number of benzene rings is 2. The fraction of sp³-hybridized carbons (Fsp3) is 0.414. The molecule has 1 aliphatic carbocycles. The molecule has 172 valence electrons. The van der Waals surface area contributed by atoms with E-state index in [9.17, 15) is 0 Å². The van der Waals surface area contributed by atoms with Crippen molar-refractivity contribution in [3.8, 4) is 22.8 Å². The highest BCUT2D eigenvalue weighted by Gasteiger charge is 2.32. The van der Waals surface area contributed by atoms with Gasteiger partial charge in [0.25, 0.3) is 0 Å². The lowest BCUT2D eigenvalue weighted by Crippen LogP contribution is -2.93. The van der Waals surface area contributed by atoms with E-state index in [0.717, 1.165) is 41.6 Å². The summed E-state index contributed by atoms with van der Waals surface area (Å²) in [6.07, 6.45) is 7.93. The van der Waals surface area contributed by atoms with Gasteiger partial charge in [-0.1, -0.05) is 62.6 Å². The van der Waals surface area contributed by atoms with Crippen LogP contribution in [0.4, 0.5) is 0 Å². The summed E-state index contributed by atoms with van der Waals surface area (Å²) >= 11 is 0. The Morgan fingerprint density at radius 1 is 0.909 bits per heavy atom. The average Bonchev–Trinajstić information content (AvgIpc) is 3.36. The number of aromatic nitrogens is 1. The van der Waals surface area contributed by atoms with E-state index >= 15 is 0 Å². The van der Waals surface area contributed by atoms with Gasteiger partial charge in [-0.15, -0.1) is 0 Å². The van der Waals surface area contributed by atoms with E-state index in [1.54, 1.807) is 0 Å². The van der Waals surface area contributed by atoms with Crippen molar-refractivity contribution >= 4 is 0 Å². The first-order valence-electron chi connectivity index (χ1n) is 12.5. The molecule has 2 aromatic carbocycles. The zero-order valence-corrected chi connectivity index (χ0v) is 19.6. The summed E-state index contributed by atoms with van der Waals surface area (Å²) < 4.78 is 11.1. The topological polar surface area (TPSA) is 48.0 Å². The summed E-state index contributed by atoms with van der Waals surface area (Å²) in [5.74, 6) is 2.79. The Balaban J connectivity index is 1.34. The molecule has 1 saturated carbocycles. The summed E-state index contributed by atoms with van der Waals surface area (Å²) in [6, 6.07) is 24.0. The van der Waals surface area contributed by atoms with Crippen LogP contribution in [0.1, 0.15) is 56.2 Å². The zero-order chi connectivity index (χ0) is 22.5. The van der Waals surface area contributed by atoms with Gasteiger partial charge >= 0.3 is 0 Å². The summed E-state index contributed by atoms with van der Waals surface area (Å²) in [4.78, 5) is 5.13. The van der Waals surface area contributed by atoms with Crippen LogP contribution >= 0.6 is 0 Å². The molecule has 1 fully saturated rings. The van der Waals surface area contributed by atoms with Crippen LogP contribution in [-0.2, 0) is 6.42 Å². The van der Waals surface area contributed by atoms with Gasteiger partial charge in [-0.2, -0.15) is 0 Å². The van der Waals surface area contributed by atoms with E-state index in [2.05, 4.69) is 66.8 Å². The molecule has 2 unspecified atom stereocenters. The van der Waals surface area contributed by atoms with E-state index in [1.807, 2.05) is 12.1 Å². The smallest absolute Gasteiger partial charge is 0.231 e. The molecule has 1 aromatic heterocycles. The minimum absolute atomic E-state index is 0.297. The third-order valence-electron chi connectivity index (χ3n) is 7.39. The highest BCUT2D eigenvalue weighted by atomic mass is 16.7. The number of nitrogens with two attached hydrogens (primary N) is 1. The lowest BCUT2D eigenvalue weighted by atomic mass is 9.78. The molecular weight excluding hydrogens is 408 g/mol. The number of hydrogen-bond acceptors (Lipinski definition) is 3. The highest BCUT2D eigenvalue weighted by Crippen LogP contribution is 2.36. The molecule has 0 bridgehead atoms. The van der Waals surface area contributed by atoms with Crippen molar-refractivity contribution in [2.45, 2.75) is 57.4 Å². The Morgan fingerprint density at radius 2 is 1.73 bits per heavy atom. The first-order chi connectivity index (χ1) is 16.3. The molecule has 0 radical (unpaired) electrons. The zero-order valence-electron chi connectivity index (χ0n) is 19.6. The Hall–Kier alpha value is -2.85. The maximum Gasteiger partial charge on any atom is 0.231 e. The fourth-order valence-corrected chi connectivity index (χ4v) is 5.53. The molecule has 33 heavy (non-hydrogen) atoms. The van der Waals surface area contributed by atoms with Gasteiger partial charge in [0.1, 0.15) is 0 Å². The third-order valence-corrected chi connectivity index (χ3v) is 7.39. The number of rotatable bonds is 8. The summed E-state index contributed by atoms with van der Waals surface area (Å²) in [5, 5.41) is 2.61. The summed E-state index contributed by atoms with van der Waals surface area (Å²) in [5.41, 5.74) is 4.70. The molecule has 2 heterocycles. The van der Waals surface area contributed by atoms with Gasteiger partial charge in [0.15, 0.2) is 11.5 Å². The monoisotopic (exact) mass is 443 g/mol. The Morgan fingerprint density at radius 3 is 2.58 bits per heavy atom. The number of nitrogens with zero attached hydrogens (tertiary/aromatic N) is 1. The largest absolute Gasteiger partial charge is 0.454 e. The molecule has 4 heteroatoms. The SMILES string of the molecule is CC(c1cccc(-c2ccc3c(c2)OCO3)n1)C([NH2+]CCc1ccccc1)C1CCCCC1. The van der Waals surface area contributed by atoms with Gasteiger partial charge < -0.3 is 14.8 Å². The van der Waals surface area contributed by atoms with Gasteiger partial charge in [0.05, 0.1) is 24.2 Å². The third kappa shape index (κ3) is 5.22. The van der Waals surface area contributed by atoms with Crippen molar-refractivity contribution in [2.75, 3.05) is 13.3 Å². The molecule has 3 aromatic rings. The molecule has 2 atom stereocenters. The molecule has 1 aliphatic heterocycles. The van der Waals surface area contributed by atoms with Gasteiger partial charge in [0.2, 0.25) is 6.79 Å². The molecular formula is C29H35N2O2+. The van der Waals surface area contributed by atoms with Crippen molar-refractivity contribution in [3.63, 3.8) is 0 Å². The van der Waals surface area contributed by atoms with E-state index in [-0.39, 0.29) is 0 Å². The molecule has 0 saturated heterocycles. The van der Waals surface area contributed by atoms with Crippen molar-refractivity contribution in [1.29, 1.82) is 0 Å². The van der Waals surface area contributed by atoms with Crippen LogP contribution < -0.4 is 14.8 Å². The van der Waals surface area contributed by atoms with Gasteiger partial charge in [0, 0.05) is 23.6 Å². The summed E-state index contributed by atoms with van der Waals surface area (Å²) in [6.45, 7) is 3.80. The Labute approximate surface area is 197 Å². The molecule has 0 amide bonds. The van der Waals surface area contributed by atoms with Crippen LogP contribution in [0.5, 0.6) is 11.5 Å². The molecule has 4 nitrogen and oxygen atoms in total. The maximum absolute atomic E-state index is 5.58. The number of hydrogen-bond donors (Lipinski definition) is 1. The Kier molecular flexibility index (Phi) is 6.92. The highest BCUT2D eigenvalue weighted by molar-refractivity contribution is 5.64. The quantitative estimate of drug-likeness (QED) is 0.511. The standard InChI is InChI=1S/C29H34N2O2/c1-21(25-13-8-14-26(31-25)24-15-16-27-28(19-24)33-20-32-27)29(23-11-6-3-7-12-23)30-18-17-22-9-4-2-5-10-22/h2,4-5,8-10,13-16,19,21,23,29-30H,3,6-7,11-12,17-18,20H2,1H3/p+1. The first-order valence-corrected chi connectivity index (χ1v) is 12.5. The van der Waals surface area contributed by atoms with Crippen LogP contribution in [0.2, 0.25) is 0 Å². The van der Waals surface area contributed by atoms with Crippen LogP contribution in [0.25, 0.3) is 11.3 Å². The number of ether oxygens (including phenoxy) is 2. The second-order valence-electron chi connectivity index (χ2n) is 9.54. The average molecular weight is 444 g/mol. The van der Waals surface area contributed by atoms with Crippen LogP contribution in [0.3, 0.4) is 0 Å². The van der Waals surface area contributed by atoms with Crippen molar-refractivity contribution in [1.82, 2.24) is 4.98 Å². The predicted molar refractivity (Wildman–Crippen MR) is 132 cm³/mol. The molecule has 0 spiro atoms. The van der Waals surface area contributed by atoms with E-state index < -0.39 is 0 Å². The number of quaternary nitrogens is 1. The normalized spacial score (nSPS) is 17.6. The van der Waals surface area contributed by atoms with Crippen molar-refractivity contribution in [3.05, 3.63) is 78.0 Å². The van der Waals surface area contributed by atoms with E-state index in [4.69, 9.17) is 14.5 Å². The van der Waals surface area contributed by atoms with E-state index in [0.29, 0.717) is 18.8 Å². The number of fused-ring (bicyclic) bond motifs is 1. The second-order valence-corrected chi connectivity index (χ2v) is 9.54. The predicted octanol–water partition coefficient (Wildman–Crippen LogP) is 5.34. The lowest BCUT2D eigenvalue weighted by molar-refractivity contribution is -0.699. The molecule has 2 aliphatic rings. The number of pyridine rings is 1. The summed E-state index contributed by atoms with van der Waals surface area (Å²) in [7, 11) is 0. The van der Waals surface area contributed by atoms with Gasteiger partial charge in [-0.25, -0.2) is 0 Å². The Bertz CT molecular complexity index is 1050. The van der Waals surface area contributed by atoms with Crippen LogP contribution in [0.15, 0.2) is 66.7 Å². The first kappa shape index (κ1) is 22.0. The fourth-order valence-electron chi connectivity index (χ4n) is 5.53. The lowest BCUT2D eigenvalue weighted by Gasteiger charge is -2.32. The maximum atomic E-state index is 5.58. The van der Waals surface area contributed by atoms with Crippen LogP contribution in [-0.4, -0.2) is 24.4 Å².